The highest BCUT2D eigenvalue weighted by atomic mass is 19.1. The summed E-state index contributed by atoms with van der Waals surface area (Å²) >= 11 is 0. The highest BCUT2D eigenvalue weighted by molar-refractivity contribution is 6.15. The molecule has 2 aromatic carbocycles. The van der Waals surface area contributed by atoms with E-state index >= 15 is 0 Å². The number of carbonyl (C=O) groups excluding carboxylic acids is 1. The van der Waals surface area contributed by atoms with E-state index in [0.29, 0.717) is 24.1 Å². The summed E-state index contributed by atoms with van der Waals surface area (Å²) in [5.41, 5.74) is 3.21. The Morgan fingerprint density at radius 2 is 1.96 bits per heavy atom. The van der Waals surface area contributed by atoms with Crippen molar-refractivity contribution in [1.82, 2.24) is 4.90 Å². The smallest absolute Gasteiger partial charge is 0.231 e. The minimum absolute atomic E-state index is 0.140. The number of rotatable bonds is 2. The maximum Gasteiger partial charge on any atom is 0.231 e. The fraction of sp³-hybridized carbons (Fsp3) is 0.286. The summed E-state index contributed by atoms with van der Waals surface area (Å²) in [7, 11) is 0. The first-order chi connectivity index (χ1) is 12.6. The third kappa shape index (κ3) is 2.51. The zero-order valence-electron chi connectivity index (χ0n) is 14.4. The topological polar surface area (TPSA) is 38.8 Å². The highest BCUT2D eigenvalue weighted by Gasteiger charge is 2.36. The van der Waals surface area contributed by atoms with Crippen molar-refractivity contribution in [2.24, 2.45) is 0 Å². The van der Waals surface area contributed by atoms with Crippen molar-refractivity contribution >= 4 is 11.9 Å². The zero-order valence-corrected chi connectivity index (χ0v) is 14.4. The van der Waals surface area contributed by atoms with Gasteiger partial charge < -0.3 is 9.47 Å². The van der Waals surface area contributed by atoms with Gasteiger partial charge in [0.25, 0.3) is 0 Å². The Labute approximate surface area is 150 Å². The Morgan fingerprint density at radius 3 is 2.69 bits per heavy atom. The second kappa shape index (κ2) is 5.68. The van der Waals surface area contributed by atoms with Gasteiger partial charge >= 0.3 is 0 Å². The molecule has 0 amide bonds. The minimum Gasteiger partial charge on any atom is -0.477 e. The molecule has 3 aliphatic rings. The third-order valence-electron chi connectivity index (χ3n) is 5.20. The Bertz CT molecular complexity index is 945. The molecule has 26 heavy (non-hydrogen) atoms. The number of Topliss-reactive ketones (excluding diaryl/α,β-unsaturated/α-hetero) is 1. The van der Waals surface area contributed by atoms with E-state index < -0.39 is 0 Å². The van der Waals surface area contributed by atoms with Crippen molar-refractivity contribution in [3.8, 4) is 11.5 Å². The molecule has 0 atom stereocenters. The van der Waals surface area contributed by atoms with Crippen LogP contribution in [-0.4, -0.2) is 23.5 Å². The maximum atomic E-state index is 13.1. The zero-order chi connectivity index (χ0) is 17.8. The van der Waals surface area contributed by atoms with Crippen molar-refractivity contribution in [2.75, 3.05) is 6.73 Å². The molecule has 2 aliphatic heterocycles. The van der Waals surface area contributed by atoms with Crippen molar-refractivity contribution < 1.29 is 18.7 Å². The van der Waals surface area contributed by atoms with Gasteiger partial charge in [-0.25, -0.2) is 4.39 Å². The van der Waals surface area contributed by atoms with Gasteiger partial charge in [0, 0.05) is 23.7 Å². The third-order valence-corrected chi connectivity index (χ3v) is 5.20. The van der Waals surface area contributed by atoms with Gasteiger partial charge in [0.1, 0.15) is 24.0 Å². The number of ketones is 1. The number of hydrogen-bond donors (Lipinski definition) is 0. The molecule has 0 radical (unpaired) electrons. The van der Waals surface area contributed by atoms with E-state index in [1.54, 1.807) is 18.2 Å². The molecule has 0 saturated heterocycles. The molecule has 1 fully saturated rings. The monoisotopic (exact) mass is 351 g/mol. The predicted octanol–water partition coefficient (Wildman–Crippen LogP) is 4.06. The lowest BCUT2D eigenvalue weighted by Gasteiger charge is -2.30. The van der Waals surface area contributed by atoms with E-state index in [2.05, 4.69) is 4.90 Å². The molecule has 2 heterocycles. The fourth-order valence-corrected chi connectivity index (χ4v) is 3.65. The number of benzene rings is 2. The molecule has 1 aliphatic carbocycles. The summed E-state index contributed by atoms with van der Waals surface area (Å²) in [6.07, 6.45) is 4.09. The van der Waals surface area contributed by atoms with Crippen LogP contribution in [0.1, 0.15) is 39.9 Å². The second-order valence-corrected chi connectivity index (χ2v) is 7.11. The first kappa shape index (κ1) is 15.6. The van der Waals surface area contributed by atoms with Gasteiger partial charge in [0.15, 0.2) is 5.76 Å². The molecule has 5 heteroatoms. The average molecular weight is 351 g/mol. The molecule has 4 nitrogen and oxygen atoms in total. The molecule has 1 saturated carbocycles. The highest BCUT2D eigenvalue weighted by Crippen LogP contribution is 2.44. The lowest BCUT2D eigenvalue weighted by Crippen LogP contribution is -2.34. The number of fused-ring (bicyclic) bond motifs is 2. The van der Waals surface area contributed by atoms with Crippen LogP contribution in [0.15, 0.2) is 36.1 Å². The van der Waals surface area contributed by atoms with E-state index in [-0.39, 0.29) is 17.4 Å². The van der Waals surface area contributed by atoms with Gasteiger partial charge in [-0.05, 0) is 49.6 Å². The molecular weight excluding hydrogens is 333 g/mol. The van der Waals surface area contributed by atoms with Crippen molar-refractivity contribution in [3.05, 3.63) is 64.2 Å². The Hall–Kier alpha value is -2.66. The van der Waals surface area contributed by atoms with Crippen LogP contribution >= 0.6 is 0 Å². The van der Waals surface area contributed by atoms with Gasteiger partial charge in [-0.2, -0.15) is 0 Å². The number of ether oxygens (including phenoxy) is 2. The van der Waals surface area contributed by atoms with Crippen LogP contribution < -0.4 is 9.47 Å². The van der Waals surface area contributed by atoms with E-state index in [0.717, 1.165) is 29.0 Å². The maximum absolute atomic E-state index is 13.1. The molecule has 0 N–H and O–H groups in total. The number of hydrogen-bond acceptors (Lipinski definition) is 4. The molecule has 0 spiro atoms. The van der Waals surface area contributed by atoms with Crippen LogP contribution in [0, 0.1) is 12.7 Å². The van der Waals surface area contributed by atoms with Crippen LogP contribution in [0.25, 0.3) is 6.08 Å². The Morgan fingerprint density at radius 1 is 1.19 bits per heavy atom. The lowest BCUT2D eigenvalue weighted by molar-refractivity contribution is 0.0872. The average Bonchev–Trinajstić information content (AvgIpc) is 3.44. The first-order valence-corrected chi connectivity index (χ1v) is 8.83. The Kier molecular flexibility index (Phi) is 3.40. The quantitative estimate of drug-likeness (QED) is 0.765. The normalized spacial score (nSPS) is 20.5. The summed E-state index contributed by atoms with van der Waals surface area (Å²) in [6.45, 7) is 3.32. The van der Waals surface area contributed by atoms with E-state index in [1.165, 1.54) is 25.0 Å². The molecule has 0 bridgehead atoms. The molecule has 2 aromatic rings. The van der Waals surface area contributed by atoms with E-state index in [1.807, 2.05) is 13.0 Å². The number of carbonyl (C=O) groups is 1. The van der Waals surface area contributed by atoms with Gasteiger partial charge in [-0.3, -0.25) is 9.69 Å². The van der Waals surface area contributed by atoms with Crippen LogP contribution in [-0.2, 0) is 6.54 Å². The standard InChI is InChI=1S/C21H18FNO3/c1-12-20-14(10-23(11-25-20)16-6-7-16)9-17-19(24)18(26-21(12)17)8-13-2-4-15(22)5-3-13/h2-5,8-9,16H,6-7,10-11H2,1H3/b18-8-. The largest absolute Gasteiger partial charge is 0.477 e. The first-order valence-electron chi connectivity index (χ1n) is 8.83. The second-order valence-electron chi connectivity index (χ2n) is 7.11. The summed E-state index contributed by atoms with van der Waals surface area (Å²) in [6, 6.07) is 8.48. The lowest BCUT2D eigenvalue weighted by atomic mass is 10.00. The van der Waals surface area contributed by atoms with E-state index in [9.17, 15) is 9.18 Å². The van der Waals surface area contributed by atoms with Crippen molar-refractivity contribution in [1.29, 1.82) is 0 Å². The van der Waals surface area contributed by atoms with Crippen LogP contribution in [0.3, 0.4) is 0 Å². The molecule has 5 rings (SSSR count). The van der Waals surface area contributed by atoms with Gasteiger partial charge in [0.05, 0.1) is 5.56 Å². The summed E-state index contributed by atoms with van der Waals surface area (Å²) in [5.74, 6) is 1.21. The Balaban J connectivity index is 1.50. The summed E-state index contributed by atoms with van der Waals surface area (Å²) < 4.78 is 24.9. The molecule has 0 aromatic heterocycles. The molecular formula is C21H18FNO3. The van der Waals surface area contributed by atoms with Gasteiger partial charge in [0.2, 0.25) is 5.78 Å². The minimum atomic E-state index is -0.310. The summed E-state index contributed by atoms with van der Waals surface area (Å²) in [5, 5.41) is 0. The fourth-order valence-electron chi connectivity index (χ4n) is 3.65. The van der Waals surface area contributed by atoms with Crippen LogP contribution in [0.5, 0.6) is 11.5 Å². The van der Waals surface area contributed by atoms with Crippen LogP contribution in [0.2, 0.25) is 0 Å². The van der Waals surface area contributed by atoms with Crippen molar-refractivity contribution in [2.45, 2.75) is 32.4 Å². The molecule has 0 unspecified atom stereocenters. The number of allylic oxidation sites excluding steroid dienone is 1. The SMILES string of the molecule is Cc1c2c(cc3c1O/C(=C\c1ccc(F)cc1)C3=O)CN(C1CC1)CO2. The van der Waals surface area contributed by atoms with Crippen molar-refractivity contribution in [3.63, 3.8) is 0 Å². The predicted molar refractivity (Wildman–Crippen MR) is 94.6 cm³/mol. The van der Waals surface area contributed by atoms with E-state index in [4.69, 9.17) is 9.47 Å². The molecule has 132 valence electrons. The number of halogens is 1. The summed E-state index contributed by atoms with van der Waals surface area (Å²) in [4.78, 5) is 15.1. The van der Waals surface area contributed by atoms with Gasteiger partial charge in [-0.1, -0.05) is 12.1 Å². The number of nitrogens with zero attached hydrogens (tertiary/aromatic N) is 1. The van der Waals surface area contributed by atoms with Crippen LogP contribution in [0.4, 0.5) is 4.39 Å². The van der Waals surface area contributed by atoms with Gasteiger partial charge in [-0.15, -0.1) is 0 Å².